The smallest absolute Gasteiger partial charge is 0.305 e. The Morgan fingerprint density at radius 1 is 0.944 bits per heavy atom. The lowest BCUT2D eigenvalue weighted by Gasteiger charge is -2.01. The molecule has 0 radical (unpaired) electrons. The van der Waals surface area contributed by atoms with Gasteiger partial charge < -0.3 is 9.47 Å². The molecule has 0 unspecified atom stereocenters. The molecule has 4 heteroatoms. The molecule has 0 saturated carbocycles. The fourth-order valence-electron chi connectivity index (χ4n) is 1.28. The van der Waals surface area contributed by atoms with Gasteiger partial charge in [0, 0.05) is 13.3 Å². The van der Waals surface area contributed by atoms with E-state index in [9.17, 15) is 9.59 Å². The molecule has 0 amide bonds. The average Bonchev–Trinajstić information content (AvgIpc) is 2.34. The van der Waals surface area contributed by atoms with Crippen molar-refractivity contribution in [1.82, 2.24) is 0 Å². The van der Waals surface area contributed by atoms with Crippen LogP contribution in [0.4, 0.5) is 0 Å². The van der Waals surface area contributed by atoms with Crippen molar-refractivity contribution in [3.05, 3.63) is 0 Å². The Kier molecular flexibility index (Phi) is 17.1. The van der Waals surface area contributed by atoms with Gasteiger partial charge in [0.1, 0.15) is 0 Å². The van der Waals surface area contributed by atoms with Gasteiger partial charge in [-0.05, 0) is 13.3 Å². The van der Waals surface area contributed by atoms with Gasteiger partial charge in [0.15, 0.2) is 0 Å². The van der Waals surface area contributed by atoms with Gasteiger partial charge in [0.05, 0.1) is 13.7 Å². The molecule has 0 fully saturated rings. The summed E-state index contributed by atoms with van der Waals surface area (Å²) < 4.78 is 8.94. The Bertz CT molecular complexity index is 202. The van der Waals surface area contributed by atoms with E-state index < -0.39 is 0 Å². The van der Waals surface area contributed by atoms with Crippen molar-refractivity contribution in [3.8, 4) is 0 Å². The standard InChI is InChI=1S/C11H22O2.C3H6O2/c1-3-5-6-7-8-9-10-11(12)13-4-2;1-3(4)5-2/h3-10H2,1-2H3;1-2H3. The van der Waals surface area contributed by atoms with Crippen LogP contribution in [0.3, 0.4) is 0 Å². The van der Waals surface area contributed by atoms with Gasteiger partial charge in [0.25, 0.3) is 0 Å². The van der Waals surface area contributed by atoms with Crippen molar-refractivity contribution in [2.24, 2.45) is 0 Å². The van der Waals surface area contributed by atoms with E-state index in [1.807, 2.05) is 6.92 Å². The molecule has 18 heavy (non-hydrogen) atoms. The van der Waals surface area contributed by atoms with Crippen molar-refractivity contribution >= 4 is 11.9 Å². The van der Waals surface area contributed by atoms with E-state index in [2.05, 4.69) is 11.7 Å². The molecule has 0 aliphatic rings. The number of esters is 2. The molecular formula is C14H28O4. The zero-order chi connectivity index (χ0) is 14.2. The Balaban J connectivity index is 0. The number of carbonyl (C=O) groups excluding carboxylic acids is 2. The Labute approximate surface area is 111 Å². The maximum Gasteiger partial charge on any atom is 0.305 e. The van der Waals surface area contributed by atoms with Crippen molar-refractivity contribution < 1.29 is 19.1 Å². The fraction of sp³-hybridized carbons (Fsp3) is 0.857. The first-order chi connectivity index (χ1) is 8.58. The van der Waals surface area contributed by atoms with Gasteiger partial charge in [0.2, 0.25) is 0 Å². The van der Waals surface area contributed by atoms with E-state index in [1.54, 1.807) is 0 Å². The molecule has 0 aliphatic heterocycles. The predicted molar refractivity (Wildman–Crippen MR) is 72.3 cm³/mol. The zero-order valence-corrected chi connectivity index (χ0v) is 12.3. The third-order valence-electron chi connectivity index (χ3n) is 2.33. The lowest BCUT2D eigenvalue weighted by atomic mass is 10.1. The molecular weight excluding hydrogens is 232 g/mol. The molecule has 0 aromatic carbocycles. The summed E-state index contributed by atoms with van der Waals surface area (Å²) in [5.74, 6) is -0.289. The second-order valence-electron chi connectivity index (χ2n) is 4.02. The summed E-state index contributed by atoms with van der Waals surface area (Å²) in [6, 6.07) is 0. The Morgan fingerprint density at radius 3 is 1.89 bits per heavy atom. The van der Waals surface area contributed by atoms with Crippen LogP contribution in [-0.2, 0) is 19.1 Å². The van der Waals surface area contributed by atoms with E-state index >= 15 is 0 Å². The topological polar surface area (TPSA) is 52.6 Å². The van der Waals surface area contributed by atoms with Crippen LogP contribution in [0.15, 0.2) is 0 Å². The Hall–Kier alpha value is -1.06. The second-order valence-corrected chi connectivity index (χ2v) is 4.02. The Morgan fingerprint density at radius 2 is 1.44 bits per heavy atom. The van der Waals surface area contributed by atoms with Crippen LogP contribution in [0.2, 0.25) is 0 Å². The van der Waals surface area contributed by atoms with Crippen molar-refractivity contribution in [2.75, 3.05) is 13.7 Å². The minimum absolute atomic E-state index is 0.0435. The molecule has 0 aromatic heterocycles. The van der Waals surface area contributed by atoms with Gasteiger partial charge in [-0.25, -0.2) is 0 Å². The number of hydrogen-bond acceptors (Lipinski definition) is 4. The van der Waals surface area contributed by atoms with E-state index in [0.717, 1.165) is 6.42 Å². The molecule has 0 aromatic rings. The first kappa shape index (κ1) is 19.3. The van der Waals surface area contributed by atoms with Crippen LogP contribution in [0.1, 0.15) is 65.7 Å². The van der Waals surface area contributed by atoms with Gasteiger partial charge in [-0.3, -0.25) is 9.59 Å². The van der Waals surface area contributed by atoms with Crippen LogP contribution >= 0.6 is 0 Å². The largest absolute Gasteiger partial charge is 0.469 e. The SMILES string of the molecule is CCCCCCCCC(=O)OCC.COC(C)=O. The van der Waals surface area contributed by atoms with Gasteiger partial charge >= 0.3 is 11.9 Å². The lowest BCUT2D eigenvalue weighted by molar-refractivity contribution is -0.143. The maximum absolute atomic E-state index is 10.9. The van der Waals surface area contributed by atoms with E-state index in [4.69, 9.17) is 4.74 Å². The fourth-order valence-corrected chi connectivity index (χ4v) is 1.28. The molecule has 0 bridgehead atoms. The number of rotatable bonds is 8. The van der Waals surface area contributed by atoms with Crippen LogP contribution in [0, 0.1) is 0 Å². The first-order valence-corrected chi connectivity index (χ1v) is 6.78. The molecule has 0 atom stereocenters. The van der Waals surface area contributed by atoms with Crippen LogP contribution in [-0.4, -0.2) is 25.7 Å². The summed E-state index contributed by atoms with van der Waals surface area (Å²) in [5, 5.41) is 0. The summed E-state index contributed by atoms with van der Waals surface area (Å²) in [5.41, 5.74) is 0. The van der Waals surface area contributed by atoms with Crippen molar-refractivity contribution in [3.63, 3.8) is 0 Å². The monoisotopic (exact) mass is 260 g/mol. The van der Waals surface area contributed by atoms with Gasteiger partial charge in [-0.2, -0.15) is 0 Å². The normalized spacial score (nSPS) is 9.11. The first-order valence-electron chi connectivity index (χ1n) is 6.78. The van der Waals surface area contributed by atoms with Crippen molar-refractivity contribution in [1.29, 1.82) is 0 Å². The van der Waals surface area contributed by atoms with Gasteiger partial charge in [-0.15, -0.1) is 0 Å². The minimum Gasteiger partial charge on any atom is -0.469 e. The highest BCUT2D eigenvalue weighted by atomic mass is 16.5. The molecule has 0 rings (SSSR count). The molecule has 0 heterocycles. The van der Waals surface area contributed by atoms with E-state index in [-0.39, 0.29) is 11.9 Å². The lowest BCUT2D eigenvalue weighted by Crippen LogP contribution is -2.03. The summed E-state index contributed by atoms with van der Waals surface area (Å²) >= 11 is 0. The van der Waals surface area contributed by atoms with Crippen LogP contribution < -0.4 is 0 Å². The zero-order valence-electron chi connectivity index (χ0n) is 12.3. The summed E-state index contributed by atoms with van der Waals surface area (Å²) in [4.78, 5) is 20.5. The summed E-state index contributed by atoms with van der Waals surface area (Å²) in [6.07, 6.45) is 7.91. The van der Waals surface area contributed by atoms with E-state index in [1.165, 1.54) is 46.1 Å². The van der Waals surface area contributed by atoms with Crippen LogP contribution in [0.25, 0.3) is 0 Å². The molecule has 108 valence electrons. The molecule has 0 N–H and O–H groups in total. The summed E-state index contributed by atoms with van der Waals surface area (Å²) in [7, 11) is 1.35. The minimum atomic E-state index is -0.245. The molecule has 0 saturated heterocycles. The highest BCUT2D eigenvalue weighted by molar-refractivity contribution is 5.69. The van der Waals surface area contributed by atoms with E-state index in [0.29, 0.717) is 13.0 Å². The number of carbonyl (C=O) groups is 2. The molecule has 0 spiro atoms. The third kappa shape index (κ3) is 20.4. The maximum atomic E-state index is 10.9. The quantitative estimate of drug-likeness (QED) is 0.495. The number of methoxy groups -OCH3 is 1. The highest BCUT2D eigenvalue weighted by Crippen LogP contribution is 2.07. The third-order valence-corrected chi connectivity index (χ3v) is 2.33. The molecule has 4 nitrogen and oxygen atoms in total. The molecule has 0 aliphatic carbocycles. The number of unbranched alkanes of at least 4 members (excludes halogenated alkanes) is 5. The average molecular weight is 260 g/mol. The van der Waals surface area contributed by atoms with Gasteiger partial charge in [-0.1, -0.05) is 39.0 Å². The van der Waals surface area contributed by atoms with Crippen LogP contribution in [0.5, 0.6) is 0 Å². The predicted octanol–water partition coefficient (Wildman–Crippen LogP) is 3.48. The number of hydrogen-bond donors (Lipinski definition) is 0. The second kappa shape index (κ2) is 15.9. The number of ether oxygens (including phenoxy) is 2. The summed E-state index contributed by atoms with van der Waals surface area (Å²) in [6.45, 7) is 5.92. The van der Waals surface area contributed by atoms with Crippen molar-refractivity contribution in [2.45, 2.75) is 65.7 Å². The highest BCUT2D eigenvalue weighted by Gasteiger charge is 1.99.